The first kappa shape index (κ1) is 9.96. The molecule has 3 N–H and O–H groups in total. The summed E-state index contributed by atoms with van der Waals surface area (Å²) >= 11 is 7.95. The summed E-state index contributed by atoms with van der Waals surface area (Å²) in [6, 6.07) is 7.24. The monoisotopic (exact) mass is 255 g/mol. The lowest BCUT2D eigenvalue weighted by atomic mass is 10.2. The van der Waals surface area contributed by atoms with E-state index in [1.807, 2.05) is 6.07 Å². The number of benzene rings is 1. The van der Waals surface area contributed by atoms with Gasteiger partial charge in [-0.2, -0.15) is 5.26 Å². The van der Waals surface area contributed by atoms with Crippen molar-refractivity contribution in [3.05, 3.63) is 28.2 Å². The Morgan fingerprint density at radius 3 is 2.85 bits per heavy atom. The number of nitrogens with zero attached hydrogens (tertiary/aromatic N) is 1. The van der Waals surface area contributed by atoms with Gasteiger partial charge in [-0.25, -0.2) is 0 Å². The molecule has 0 atom stereocenters. The number of nitriles is 1. The first-order valence-electron chi connectivity index (χ1n) is 3.39. The fraction of sp³-hybridized carbons (Fsp3) is 0. The molecule has 0 aliphatic heterocycles. The summed E-state index contributed by atoms with van der Waals surface area (Å²) in [6.45, 7) is 0. The van der Waals surface area contributed by atoms with Crippen molar-refractivity contribution in [2.24, 2.45) is 5.73 Å². The zero-order chi connectivity index (χ0) is 9.84. The van der Waals surface area contributed by atoms with Gasteiger partial charge < -0.3 is 11.1 Å². The maximum Gasteiger partial charge on any atom is 0.168 e. The van der Waals surface area contributed by atoms with Crippen molar-refractivity contribution in [2.45, 2.75) is 0 Å². The maximum absolute atomic E-state index is 8.73. The van der Waals surface area contributed by atoms with Crippen LogP contribution in [0.1, 0.15) is 5.56 Å². The third kappa shape index (κ3) is 2.68. The molecule has 5 heteroatoms. The predicted molar refractivity (Wildman–Crippen MR) is 59.3 cm³/mol. The van der Waals surface area contributed by atoms with E-state index in [1.54, 1.807) is 18.2 Å². The van der Waals surface area contributed by atoms with Crippen LogP contribution in [0, 0.1) is 11.3 Å². The van der Waals surface area contributed by atoms with Crippen LogP contribution in [-0.4, -0.2) is 5.11 Å². The van der Waals surface area contributed by atoms with Gasteiger partial charge in [0.05, 0.1) is 11.3 Å². The second-order valence-electron chi connectivity index (χ2n) is 2.29. The maximum atomic E-state index is 8.73. The molecular weight excluding hydrogens is 250 g/mol. The number of anilines is 1. The van der Waals surface area contributed by atoms with Gasteiger partial charge in [0.25, 0.3) is 0 Å². The Morgan fingerprint density at radius 2 is 2.31 bits per heavy atom. The van der Waals surface area contributed by atoms with E-state index in [1.165, 1.54) is 0 Å². The van der Waals surface area contributed by atoms with Crippen molar-refractivity contribution in [2.75, 3.05) is 5.32 Å². The Hall–Kier alpha value is -1.12. The zero-order valence-corrected chi connectivity index (χ0v) is 8.95. The zero-order valence-electron chi connectivity index (χ0n) is 6.54. The highest BCUT2D eigenvalue weighted by Gasteiger charge is 2.02. The van der Waals surface area contributed by atoms with Gasteiger partial charge in [-0.3, -0.25) is 0 Å². The lowest BCUT2D eigenvalue weighted by Gasteiger charge is -2.05. The van der Waals surface area contributed by atoms with E-state index in [0.717, 1.165) is 4.47 Å². The predicted octanol–water partition coefficient (Wildman–Crippen LogP) is 1.98. The van der Waals surface area contributed by atoms with E-state index in [9.17, 15) is 0 Å². The topological polar surface area (TPSA) is 61.8 Å². The van der Waals surface area contributed by atoms with Gasteiger partial charge in [0.15, 0.2) is 5.11 Å². The van der Waals surface area contributed by atoms with Gasteiger partial charge >= 0.3 is 0 Å². The fourth-order valence-electron chi connectivity index (χ4n) is 0.850. The molecule has 66 valence electrons. The molecular formula is C8H6BrN3S. The summed E-state index contributed by atoms with van der Waals surface area (Å²) < 4.78 is 0.866. The molecule has 0 bridgehead atoms. The molecule has 0 aromatic heterocycles. The van der Waals surface area contributed by atoms with Gasteiger partial charge in [0, 0.05) is 4.47 Å². The Bertz CT molecular complexity index is 383. The number of hydrogen-bond donors (Lipinski definition) is 2. The Morgan fingerprint density at radius 1 is 1.62 bits per heavy atom. The first-order chi connectivity index (χ1) is 6.13. The van der Waals surface area contributed by atoms with Crippen LogP contribution in [0.4, 0.5) is 5.69 Å². The van der Waals surface area contributed by atoms with E-state index in [2.05, 4.69) is 33.5 Å². The van der Waals surface area contributed by atoms with E-state index in [0.29, 0.717) is 11.3 Å². The van der Waals surface area contributed by atoms with Crippen LogP contribution in [-0.2, 0) is 0 Å². The lowest BCUT2D eigenvalue weighted by molar-refractivity contribution is 1.47. The van der Waals surface area contributed by atoms with E-state index in [4.69, 9.17) is 11.0 Å². The molecule has 13 heavy (non-hydrogen) atoms. The van der Waals surface area contributed by atoms with Crippen LogP contribution in [0.3, 0.4) is 0 Å². The molecule has 1 aromatic carbocycles. The molecule has 3 nitrogen and oxygen atoms in total. The molecule has 1 rings (SSSR count). The summed E-state index contributed by atoms with van der Waals surface area (Å²) in [7, 11) is 0. The number of nitrogens with two attached hydrogens (primary N) is 1. The normalized spacial score (nSPS) is 8.92. The molecule has 0 saturated carbocycles. The van der Waals surface area contributed by atoms with Crippen molar-refractivity contribution >= 4 is 38.9 Å². The SMILES string of the molecule is N#Cc1ccc(Br)cc1NC(N)=S. The molecule has 0 spiro atoms. The Kier molecular flexibility index (Phi) is 3.23. The van der Waals surface area contributed by atoms with Crippen molar-refractivity contribution in [3.63, 3.8) is 0 Å². The second-order valence-corrected chi connectivity index (χ2v) is 3.65. The van der Waals surface area contributed by atoms with Gasteiger partial charge in [-0.1, -0.05) is 15.9 Å². The molecule has 0 heterocycles. The first-order valence-corrected chi connectivity index (χ1v) is 4.59. The molecule has 0 aliphatic carbocycles. The van der Waals surface area contributed by atoms with Crippen molar-refractivity contribution in [1.82, 2.24) is 0 Å². The number of thiocarbonyl (C=S) groups is 1. The summed E-state index contributed by atoms with van der Waals surface area (Å²) in [5.41, 5.74) is 6.42. The molecule has 1 aromatic rings. The quantitative estimate of drug-likeness (QED) is 0.754. The van der Waals surface area contributed by atoms with E-state index >= 15 is 0 Å². The third-order valence-electron chi connectivity index (χ3n) is 1.36. The number of halogens is 1. The molecule has 0 radical (unpaired) electrons. The highest BCUT2D eigenvalue weighted by Crippen LogP contribution is 2.20. The smallest absolute Gasteiger partial charge is 0.168 e. The highest BCUT2D eigenvalue weighted by molar-refractivity contribution is 9.10. The van der Waals surface area contributed by atoms with E-state index < -0.39 is 0 Å². The molecule has 0 fully saturated rings. The second kappa shape index (κ2) is 4.21. The van der Waals surface area contributed by atoms with Gasteiger partial charge in [0.1, 0.15) is 6.07 Å². The van der Waals surface area contributed by atoms with Crippen molar-refractivity contribution in [1.29, 1.82) is 5.26 Å². The Labute approximate surface area is 89.7 Å². The van der Waals surface area contributed by atoms with Crippen LogP contribution >= 0.6 is 28.1 Å². The van der Waals surface area contributed by atoms with Crippen molar-refractivity contribution < 1.29 is 0 Å². The molecule has 0 saturated heterocycles. The van der Waals surface area contributed by atoms with Crippen molar-refractivity contribution in [3.8, 4) is 6.07 Å². The van der Waals surface area contributed by atoms with Crippen LogP contribution < -0.4 is 11.1 Å². The summed E-state index contributed by atoms with van der Waals surface area (Å²) in [5.74, 6) is 0. The van der Waals surface area contributed by atoms with Gasteiger partial charge in [0.2, 0.25) is 0 Å². The average molecular weight is 256 g/mol. The van der Waals surface area contributed by atoms with Crippen LogP contribution in [0.2, 0.25) is 0 Å². The average Bonchev–Trinajstić information content (AvgIpc) is 2.03. The van der Waals surface area contributed by atoms with Crippen LogP contribution in [0.5, 0.6) is 0 Å². The van der Waals surface area contributed by atoms with Gasteiger partial charge in [-0.15, -0.1) is 0 Å². The minimum absolute atomic E-state index is 0.148. The third-order valence-corrected chi connectivity index (χ3v) is 1.96. The standard InChI is InChI=1S/C8H6BrN3S/c9-6-2-1-5(4-10)7(3-6)12-8(11)13/h1-3H,(H3,11,12,13). The van der Waals surface area contributed by atoms with E-state index in [-0.39, 0.29) is 5.11 Å². The number of rotatable bonds is 1. The largest absolute Gasteiger partial charge is 0.376 e. The Balaban J connectivity index is 3.10. The highest BCUT2D eigenvalue weighted by atomic mass is 79.9. The minimum atomic E-state index is 0.148. The van der Waals surface area contributed by atoms with Crippen LogP contribution in [0.15, 0.2) is 22.7 Å². The summed E-state index contributed by atoms with van der Waals surface area (Å²) in [4.78, 5) is 0. The fourth-order valence-corrected chi connectivity index (χ4v) is 1.32. The summed E-state index contributed by atoms with van der Waals surface area (Å²) in [5, 5.41) is 11.6. The van der Waals surface area contributed by atoms with Gasteiger partial charge in [-0.05, 0) is 30.4 Å². The lowest BCUT2D eigenvalue weighted by Crippen LogP contribution is -2.19. The molecule has 0 amide bonds. The minimum Gasteiger partial charge on any atom is -0.376 e. The molecule has 0 aliphatic rings. The summed E-state index contributed by atoms with van der Waals surface area (Å²) in [6.07, 6.45) is 0. The number of hydrogen-bond acceptors (Lipinski definition) is 2. The number of nitrogens with one attached hydrogen (secondary N) is 1. The van der Waals surface area contributed by atoms with Crippen LogP contribution in [0.25, 0.3) is 0 Å². The molecule has 0 unspecified atom stereocenters.